The van der Waals surface area contributed by atoms with Gasteiger partial charge in [0.25, 0.3) is 0 Å². The fraction of sp³-hybridized carbons (Fsp3) is 0.0588. The van der Waals surface area contributed by atoms with Crippen LogP contribution in [0.1, 0.15) is 25.0 Å². The lowest BCUT2D eigenvalue weighted by atomic mass is 9.81. The normalized spacial score (nSPS) is 13.5. The Morgan fingerprint density at radius 2 is 1.00 bits per heavy atom. The fourth-order valence-electron chi connectivity index (χ4n) is 9.38. The van der Waals surface area contributed by atoms with E-state index in [1.807, 2.05) is 22.7 Å². The van der Waals surface area contributed by atoms with Crippen molar-refractivity contribution < 1.29 is 0 Å². The summed E-state index contributed by atoms with van der Waals surface area (Å²) < 4.78 is 7.87. The van der Waals surface area contributed by atoms with Crippen LogP contribution < -0.4 is 0 Å². The van der Waals surface area contributed by atoms with Crippen molar-refractivity contribution in [2.45, 2.75) is 19.3 Å². The third-order valence-electron chi connectivity index (χ3n) is 12.0. The second kappa shape index (κ2) is 11.0. The molecule has 3 aromatic heterocycles. The van der Waals surface area contributed by atoms with Crippen LogP contribution in [0.25, 0.3) is 101 Å². The van der Waals surface area contributed by atoms with Gasteiger partial charge in [0.2, 0.25) is 0 Å². The first-order chi connectivity index (χ1) is 26.5. The highest BCUT2D eigenvalue weighted by Gasteiger charge is 2.37. The van der Waals surface area contributed by atoms with Crippen molar-refractivity contribution in [3.05, 3.63) is 175 Å². The molecule has 0 spiro atoms. The Labute approximate surface area is 321 Å². The molecule has 0 N–H and O–H groups in total. The van der Waals surface area contributed by atoms with Gasteiger partial charge in [-0.1, -0.05) is 123 Å². The number of hydrogen-bond donors (Lipinski definition) is 0. The minimum absolute atomic E-state index is 0.0962. The largest absolute Gasteiger partial charge is 0.309 e. The summed E-state index contributed by atoms with van der Waals surface area (Å²) in [6.45, 7) is 4.80. The zero-order valence-corrected chi connectivity index (χ0v) is 31.5. The highest BCUT2D eigenvalue weighted by atomic mass is 32.1. The SMILES string of the molecule is CC1(C)c2cc(-c3ccc4c(c3)c3cc(-c5cccc6c5sc5ccccc56)ccc3n4-c3ccccc3)ccc2-c2c1ccc1c2sc2ccccc21. The molecule has 8 aromatic carbocycles. The molecule has 1 nitrogen and oxygen atoms in total. The summed E-state index contributed by atoms with van der Waals surface area (Å²) in [5.74, 6) is 0. The first-order valence-corrected chi connectivity index (χ1v) is 20.3. The van der Waals surface area contributed by atoms with Gasteiger partial charge in [0, 0.05) is 67.8 Å². The molecule has 0 radical (unpaired) electrons. The van der Waals surface area contributed by atoms with Crippen molar-refractivity contribution >= 4 is 84.8 Å². The summed E-state index contributed by atoms with van der Waals surface area (Å²) in [4.78, 5) is 0. The lowest BCUT2D eigenvalue weighted by Gasteiger charge is -2.22. The predicted octanol–water partition coefficient (Wildman–Crippen LogP) is 15.2. The third kappa shape index (κ3) is 4.14. The Kier molecular flexibility index (Phi) is 6.22. The quantitative estimate of drug-likeness (QED) is 0.171. The monoisotopic (exact) mass is 723 g/mol. The molecule has 0 fully saturated rings. The smallest absolute Gasteiger partial charge is 0.0541 e. The highest BCUT2D eigenvalue weighted by Crippen LogP contribution is 2.54. The molecular formula is C51H33NS2. The van der Waals surface area contributed by atoms with E-state index in [1.165, 1.54) is 112 Å². The summed E-state index contributed by atoms with van der Waals surface area (Å²) in [6.07, 6.45) is 0. The molecule has 0 saturated carbocycles. The topological polar surface area (TPSA) is 4.93 Å². The van der Waals surface area contributed by atoms with E-state index in [0.717, 1.165) is 0 Å². The van der Waals surface area contributed by atoms with E-state index in [-0.39, 0.29) is 5.41 Å². The van der Waals surface area contributed by atoms with Crippen molar-refractivity contribution in [2.24, 2.45) is 0 Å². The standard InChI is InChI=1S/C51H33NS2/c1-51(2)42-24-23-38-36-14-7-9-18-47(36)54-50(38)48(42)39-22-19-31(29-43(39)51)30-20-25-44-40(27-30)41-28-32(21-26-45(41)52(44)33-11-4-3-5-12-33)34-15-10-16-37-35-13-6-8-17-46(35)53-49(34)37/h3-29H,1-2H3. The molecule has 1 aliphatic carbocycles. The van der Waals surface area contributed by atoms with Crippen LogP contribution in [0.5, 0.6) is 0 Å². The number of fused-ring (bicyclic) bond motifs is 13. The van der Waals surface area contributed by atoms with Crippen LogP contribution in [-0.2, 0) is 5.41 Å². The third-order valence-corrected chi connectivity index (χ3v) is 14.4. The molecule has 1 aliphatic rings. The van der Waals surface area contributed by atoms with Crippen LogP contribution in [0.4, 0.5) is 0 Å². The van der Waals surface area contributed by atoms with E-state index < -0.39 is 0 Å². The molecule has 0 saturated heterocycles. The van der Waals surface area contributed by atoms with E-state index >= 15 is 0 Å². The first kappa shape index (κ1) is 30.5. The number of rotatable bonds is 3. The minimum Gasteiger partial charge on any atom is -0.309 e. The van der Waals surface area contributed by atoms with Gasteiger partial charge in [-0.3, -0.25) is 0 Å². The molecule has 3 heteroatoms. The van der Waals surface area contributed by atoms with Gasteiger partial charge in [0.15, 0.2) is 0 Å². The summed E-state index contributed by atoms with van der Waals surface area (Å²) in [5, 5.41) is 7.93. The van der Waals surface area contributed by atoms with E-state index in [0.29, 0.717) is 0 Å². The number of aromatic nitrogens is 1. The molecule has 12 rings (SSSR count). The Hall–Kier alpha value is -6.00. The summed E-state index contributed by atoms with van der Waals surface area (Å²) in [5.41, 5.74) is 14.2. The fourth-order valence-corrected chi connectivity index (χ4v) is 11.9. The van der Waals surface area contributed by atoms with Gasteiger partial charge in [0.1, 0.15) is 0 Å². The van der Waals surface area contributed by atoms with E-state index in [9.17, 15) is 0 Å². The average molecular weight is 724 g/mol. The Bertz CT molecular complexity index is 3350. The van der Waals surface area contributed by atoms with Crippen LogP contribution in [0.3, 0.4) is 0 Å². The molecule has 0 bridgehead atoms. The van der Waals surface area contributed by atoms with Crippen molar-refractivity contribution in [1.29, 1.82) is 0 Å². The van der Waals surface area contributed by atoms with Crippen LogP contribution in [0, 0.1) is 0 Å². The van der Waals surface area contributed by atoms with Gasteiger partial charge in [-0.2, -0.15) is 0 Å². The maximum absolute atomic E-state index is 2.47. The molecule has 11 aromatic rings. The van der Waals surface area contributed by atoms with Crippen LogP contribution >= 0.6 is 22.7 Å². The summed E-state index contributed by atoms with van der Waals surface area (Å²) >= 11 is 3.83. The van der Waals surface area contributed by atoms with Crippen LogP contribution in [0.2, 0.25) is 0 Å². The molecule has 3 heterocycles. The van der Waals surface area contributed by atoms with Crippen molar-refractivity contribution in [3.8, 4) is 39.1 Å². The second-order valence-electron chi connectivity index (χ2n) is 15.3. The molecule has 0 amide bonds. The molecule has 0 unspecified atom stereocenters. The average Bonchev–Trinajstić information content (AvgIpc) is 3.94. The lowest BCUT2D eigenvalue weighted by Crippen LogP contribution is -2.14. The van der Waals surface area contributed by atoms with Gasteiger partial charge < -0.3 is 4.57 Å². The second-order valence-corrected chi connectivity index (χ2v) is 17.4. The maximum atomic E-state index is 2.47. The van der Waals surface area contributed by atoms with Crippen molar-refractivity contribution in [1.82, 2.24) is 4.57 Å². The van der Waals surface area contributed by atoms with E-state index in [1.54, 1.807) is 0 Å². The summed E-state index contributed by atoms with van der Waals surface area (Å²) in [7, 11) is 0. The van der Waals surface area contributed by atoms with Gasteiger partial charge in [0.05, 0.1) is 11.0 Å². The number of thiophene rings is 2. The summed E-state index contributed by atoms with van der Waals surface area (Å²) in [6, 6.07) is 61.3. The minimum atomic E-state index is -0.0962. The molecular weight excluding hydrogens is 691 g/mol. The van der Waals surface area contributed by atoms with Gasteiger partial charge in [-0.15, -0.1) is 22.7 Å². The van der Waals surface area contributed by atoms with Gasteiger partial charge in [-0.05, 0) is 93.5 Å². The van der Waals surface area contributed by atoms with E-state index in [4.69, 9.17) is 0 Å². The molecule has 54 heavy (non-hydrogen) atoms. The molecule has 254 valence electrons. The molecule has 0 atom stereocenters. The van der Waals surface area contributed by atoms with Crippen LogP contribution in [-0.4, -0.2) is 4.57 Å². The van der Waals surface area contributed by atoms with Gasteiger partial charge in [-0.25, -0.2) is 0 Å². The van der Waals surface area contributed by atoms with Crippen molar-refractivity contribution in [3.63, 3.8) is 0 Å². The highest BCUT2D eigenvalue weighted by molar-refractivity contribution is 7.26. The predicted molar refractivity (Wildman–Crippen MR) is 235 cm³/mol. The Balaban J connectivity index is 1.06. The number of hydrogen-bond acceptors (Lipinski definition) is 2. The Morgan fingerprint density at radius 1 is 0.407 bits per heavy atom. The zero-order valence-electron chi connectivity index (χ0n) is 29.9. The number of para-hydroxylation sites is 1. The van der Waals surface area contributed by atoms with Crippen LogP contribution in [0.15, 0.2) is 164 Å². The van der Waals surface area contributed by atoms with Crippen molar-refractivity contribution in [2.75, 3.05) is 0 Å². The number of nitrogens with zero attached hydrogens (tertiary/aromatic N) is 1. The first-order valence-electron chi connectivity index (χ1n) is 18.7. The van der Waals surface area contributed by atoms with E-state index in [2.05, 4.69) is 182 Å². The molecule has 0 aliphatic heterocycles. The Morgan fingerprint density at radius 3 is 1.76 bits per heavy atom. The zero-order chi connectivity index (χ0) is 35.7. The van der Waals surface area contributed by atoms with Gasteiger partial charge >= 0.3 is 0 Å². The lowest BCUT2D eigenvalue weighted by molar-refractivity contribution is 0.661. The number of benzene rings is 8. The maximum Gasteiger partial charge on any atom is 0.0541 e.